The van der Waals surface area contributed by atoms with Crippen LogP contribution in [0.2, 0.25) is 0 Å². The number of hydrogen-bond acceptors (Lipinski definition) is 3. The number of thioether (sulfide) groups is 1. The Labute approximate surface area is 115 Å². The minimum absolute atomic E-state index is 0.0702. The lowest BCUT2D eigenvalue weighted by atomic mass is 10.1. The molecule has 2 aromatic rings. The smallest absolute Gasteiger partial charge is 0.307 e. The summed E-state index contributed by atoms with van der Waals surface area (Å²) in [6.45, 7) is 0. The van der Waals surface area contributed by atoms with Crippen LogP contribution in [0, 0.1) is 0 Å². The largest absolute Gasteiger partial charge is 0.481 e. The number of aliphatic carboxylic acids is 1. The molecule has 0 aliphatic rings. The highest BCUT2D eigenvalue weighted by Gasteiger charge is 2.13. The summed E-state index contributed by atoms with van der Waals surface area (Å²) in [6.07, 6.45) is 0.0702. The highest BCUT2D eigenvalue weighted by molar-refractivity contribution is 7.99. The minimum Gasteiger partial charge on any atom is -0.481 e. The third kappa shape index (κ3) is 3.03. The van der Waals surface area contributed by atoms with Crippen LogP contribution >= 0.6 is 24.4 Å². The molecule has 1 heterocycles. The highest BCUT2D eigenvalue weighted by Crippen LogP contribution is 2.26. The molecule has 3 nitrogen and oxygen atoms in total. The third-order valence-corrected chi connectivity index (χ3v) is 4.22. The van der Waals surface area contributed by atoms with E-state index in [4.69, 9.17) is 5.11 Å². The zero-order chi connectivity index (χ0) is 13.0. The summed E-state index contributed by atoms with van der Waals surface area (Å²) in [5.41, 5.74) is 2.94. The van der Waals surface area contributed by atoms with Gasteiger partial charge in [0.15, 0.2) is 0 Å². The van der Waals surface area contributed by atoms with Gasteiger partial charge in [-0.15, -0.1) is 0 Å². The Morgan fingerprint density at radius 3 is 2.89 bits per heavy atom. The number of rotatable bonds is 6. The van der Waals surface area contributed by atoms with E-state index in [2.05, 4.69) is 17.6 Å². The number of nitrogens with one attached hydrogen (secondary N) is 1. The number of benzene rings is 1. The number of carboxylic acid groups (broad SMARTS) is 1. The van der Waals surface area contributed by atoms with E-state index in [0.29, 0.717) is 0 Å². The molecule has 1 aromatic carbocycles. The van der Waals surface area contributed by atoms with Crippen molar-refractivity contribution < 1.29 is 9.90 Å². The molecule has 0 saturated carbocycles. The molecule has 1 aromatic heterocycles. The first-order chi connectivity index (χ1) is 8.72. The molecule has 18 heavy (non-hydrogen) atoms. The first-order valence-corrected chi connectivity index (χ1v) is 7.50. The van der Waals surface area contributed by atoms with Gasteiger partial charge in [-0.1, -0.05) is 18.2 Å². The van der Waals surface area contributed by atoms with Gasteiger partial charge in [-0.2, -0.15) is 24.4 Å². The standard InChI is InChI=1S/C13H15NO2S2/c15-13(16)7-10-9-3-1-2-4-11(9)14-12(10)8-18-6-5-17/h1-4,14,17H,5-8H2,(H,15,16). The molecule has 0 radical (unpaired) electrons. The Kier molecular flexibility index (Phi) is 4.60. The Morgan fingerprint density at radius 2 is 2.17 bits per heavy atom. The molecular formula is C13H15NO2S2. The van der Waals surface area contributed by atoms with Crippen LogP contribution < -0.4 is 0 Å². The molecule has 5 heteroatoms. The zero-order valence-corrected chi connectivity index (χ0v) is 11.6. The fraction of sp³-hybridized carbons (Fsp3) is 0.308. The average molecular weight is 281 g/mol. The summed E-state index contributed by atoms with van der Waals surface area (Å²) in [5.74, 6) is 1.81. The fourth-order valence-corrected chi connectivity index (χ4v) is 3.08. The van der Waals surface area contributed by atoms with Crippen LogP contribution in [0.25, 0.3) is 10.9 Å². The maximum atomic E-state index is 11.0. The van der Waals surface area contributed by atoms with Gasteiger partial charge < -0.3 is 10.1 Å². The normalized spacial score (nSPS) is 10.9. The van der Waals surface area contributed by atoms with Crippen molar-refractivity contribution in [1.29, 1.82) is 0 Å². The van der Waals surface area contributed by atoms with Crippen molar-refractivity contribution in [3.05, 3.63) is 35.5 Å². The average Bonchev–Trinajstić information content (AvgIpc) is 2.68. The second-order valence-corrected chi connectivity index (χ2v) is 5.53. The maximum Gasteiger partial charge on any atom is 0.307 e. The van der Waals surface area contributed by atoms with Crippen molar-refractivity contribution in [2.24, 2.45) is 0 Å². The van der Waals surface area contributed by atoms with E-state index in [-0.39, 0.29) is 6.42 Å². The van der Waals surface area contributed by atoms with Crippen molar-refractivity contribution >= 4 is 41.3 Å². The number of H-pyrrole nitrogens is 1. The van der Waals surface area contributed by atoms with E-state index in [9.17, 15) is 4.79 Å². The molecule has 0 fully saturated rings. The molecule has 0 atom stereocenters. The van der Waals surface area contributed by atoms with E-state index in [1.807, 2.05) is 24.3 Å². The first-order valence-electron chi connectivity index (χ1n) is 5.71. The Balaban J connectivity index is 2.33. The number of thiol groups is 1. The number of hydrogen-bond donors (Lipinski definition) is 3. The Bertz CT molecular complexity index is 551. The lowest BCUT2D eigenvalue weighted by Crippen LogP contribution is -2.02. The van der Waals surface area contributed by atoms with Crippen LogP contribution in [0.15, 0.2) is 24.3 Å². The molecular weight excluding hydrogens is 266 g/mol. The quantitative estimate of drug-likeness (QED) is 0.563. The second-order valence-electron chi connectivity index (χ2n) is 3.97. The molecule has 96 valence electrons. The number of fused-ring (bicyclic) bond motifs is 1. The summed E-state index contributed by atoms with van der Waals surface area (Å²) >= 11 is 5.94. The fourth-order valence-electron chi connectivity index (χ4n) is 1.97. The number of carboxylic acids is 1. The zero-order valence-electron chi connectivity index (χ0n) is 9.85. The van der Waals surface area contributed by atoms with Gasteiger partial charge in [0, 0.05) is 28.1 Å². The first kappa shape index (κ1) is 13.4. The van der Waals surface area contributed by atoms with Crippen LogP contribution in [0.1, 0.15) is 11.3 Å². The van der Waals surface area contributed by atoms with Crippen LogP contribution in [-0.4, -0.2) is 27.6 Å². The predicted octanol–water partition coefficient (Wildman–Crippen LogP) is 2.96. The topological polar surface area (TPSA) is 53.1 Å². The van der Waals surface area contributed by atoms with E-state index in [1.54, 1.807) is 11.8 Å². The summed E-state index contributed by atoms with van der Waals surface area (Å²) in [7, 11) is 0. The SMILES string of the molecule is O=C(O)Cc1c(CSCCS)[nH]c2ccccc12. The molecule has 2 N–H and O–H groups in total. The van der Waals surface area contributed by atoms with Crippen LogP contribution in [0.4, 0.5) is 0 Å². The maximum absolute atomic E-state index is 11.0. The van der Waals surface area contributed by atoms with Crippen LogP contribution in [0.3, 0.4) is 0 Å². The van der Waals surface area contributed by atoms with Gasteiger partial charge in [-0.25, -0.2) is 0 Å². The lowest BCUT2D eigenvalue weighted by Gasteiger charge is -2.02. The molecule has 0 spiro atoms. The Morgan fingerprint density at radius 1 is 1.39 bits per heavy atom. The van der Waals surface area contributed by atoms with Crippen molar-refractivity contribution in [2.45, 2.75) is 12.2 Å². The molecule has 0 aliphatic carbocycles. The van der Waals surface area contributed by atoms with E-state index in [1.165, 1.54) is 0 Å². The van der Waals surface area contributed by atoms with Gasteiger partial charge in [-0.3, -0.25) is 4.79 Å². The Hall–Kier alpha value is -1.07. The highest BCUT2D eigenvalue weighted by atomic mass is 32.2. The minimum atomic E-state index is -0.791. The molecule has 2 rings (SSSR count). The molecule has 0 aliphatic heterocycles. The van der Waals surface area contributed by atoms with Crippen molar-refractivity contribution in [2.75, 3.05) is 11.5 Å². The van der Waals surface area contributed by atoms with Gasteiger partial charge in [0.1, 0.15) is 0 Å². The van der Waals surface area contributed by atoms with Gasteiger partial charge in [0.05, 0.1) is 6.42 Å². The third-order valence-electron chi connectivity index (χ3n) is 2.71. The second kappa shape index (κ2) is 6.20. The molecule has 0 bridgehead atoms. The molecule has 0 unspecified atom stereocenters. The van der Waals surface area contributed by atoms with Crippen molar-refractivity contribution in [1.82, 2.24) is 4.98 Å². The van der Waals surface area contributed by atoms with Gasteiger partial charge >= 0.3 is 5.97 Å². The van der Waals surface area contributed by atoms with Gasteiger partial charge in [0.2, 0.25) is 0 Å². The lowest BCUT2D eigenvalue weighted by molar-refractivity contribution is -0.136. The van der Waals surface area contributed by atoms with Crippen LogP contribution in [0.5, 0.6) is 0 Å². The number of para-hydroxylation sites is 1. The monoisotopic (exact) mass is 281 g/mol. The summed E-state index contributed by atoms with van der Waals surface area (Å²) < 4.78 is 0. The predicted molar refractivity (Wildman–Crippen MR) is 79.7 cm³/mol. The summed E-state index contributed by atoms with van der Waals surface area (Å²) in [5, 5.41) is 10.0. The number of aromatic amines is 1. The summed E-state index contributed by atoms with van der Waals surface area (Å²) in [6, 6.07) is 7.84. The van der Waals surface area contributed by atoms with Crippen molar-refractivity contribution in [3.8, 4) is 0 Å². The van der Waals surface area contributed by atoms with E-state index >= 15 is 0 Å². The molecule has 0 amide bonds. The molecule has 0 saturated heterocycles. The van der Waals surface area contributed by atoms with Gasteiger partial charge in [0.25, 0.3) is 0 Å². The number of aromatic nitrogens is 1. The van der Waals surface area contributed by atoms with E-state index in [0.717, 1.165) is 39.4 Å². The number of carbonyl (C=O) groups is 1. The van der Waals surface area contributed by atoms with E-state index < -0.39 is 5.97 Å². The summed E-state index contributed by atoms with van der Waals surface area (Å²) in [4.78, 5) is 14.3. The van der Waals surface area contributed by atoms with Crippen molar-refractivity contribution in [3.63, 3.8) is 0 Å². The van der Waals surface area contributed by atoms with Gasteiger partial charge in [-0.05, 0) is 17.4 Å². The van der Waals surface area contributed by atoms with Crippen LogP contribution in [-0.2, 0) is 17.0 Å².